The molecule has 1 atom stereocenters. The van der Waals surface area contributed by atoms with E-state index in [1.165, 1.54) is 0 Å². The lowest BCUT2D eigenvalue weighted by atomic mass is 10.3. The number of benzene rings is 1. The zero-order valence-electron chi connectivity index (χ0n) is 7.54. The van der Waals surface area contributed by atoms with E-state index in [0.29, 0.717) is 5.02 Å². The van der Waals surface area contributed by atoms with E-state index in [4.69, 9.17) is 16.3 Å². The monoisotopic (exact) mass is 198 g/mol. The van der Waals surface area contributed by atoms with Gasteiger partial charge in [-0.2, -0.15) is 0 Å². The van der Waals surface area contributed by atoms with E-state index < -0.39 is 0 Å². The van der Waals surface area contributed by atoms with Gasteiger partial charge in [-0.15, -0.1) is 0 Å². The lowest BCUT2D eigenvalue weighted by Crippen LogP contribution is -2.36. The van der Waals surface area contributed by atoms with Gasteiger partial charge in [0, 0.05) is 5.02 Å². The molecule has 0 aromatic heterocycles. The van der Waals surface area contributed by atoms with Gasteiger partial charge >= 0.3 is 0 Å². The molecule has 13 heavy (non-hydrogen) atoms. The molecule has 1 unspecified atom stereocenters. The molecule has 0 saturated heterocycles. The minimum Gasteiger partial charge on any atom is -0.455 e. The molecule has 1 aliphatic rings. The minimum absolute atomic E-state index is 0.0894. The largest absolute Gasteiger partial charge is 0.455 e. The van der Waals surface area contributed by atoms with Gasteiger partial charge in [-0.25, -0.2) is 0 Å². The quantitative estimate of drug-likeness (QED) is 0.747. The average molecular weight is 199 g/mol. The van der Waals surface area contributed by atoms with Crippen molar-refractivity contribution in [2.24, 2.45) is 0 Å². The summed E-state index contributed by atoms with van der Waals surface area (Å²) in [7, 11) is 3.90. The first-order valence-corrected chi connectivity index (χ1v) is 4.44. The number of anilines is 1. The van der Waals surface area contributed by atoms with Crippen LogP contribution >= 0.6 is 11.6 Å². The fourth-order valence-electron chi connectivity index (χ4n) is 1.24. The molecule has 0 amide bonds. The van der Waals surface area contributed by atoms with Gasteiger partial charge < -0.3 is 10.1 Å². The molecule has 1 aromatic rings. The van der Waals surface area contributed by atoms with Crippen LogP contribution in [0.1, 0.15) is 0 Å². The van der Waals surface area contributed by atoms with Crippen molar-refractivity contribution in [3.05, 3.63) is 23.2 Å². The van der Waals surface area contributed by atoms with Crippen LogP contribution < -0.4 is 10.1 Å². The first-order chi connectivity index (χ1) is 6.16. The molecular weight excluding hydrogens is 188 g/mol. The zero-order chi connectivity index (χ0) is 9.42. The number of halogens is 1. The maximum atomic E-state index is 5.84. The Hall–Kier alpha value is -0.930. The second-order valence-electron chi connectivity index (χ2n) is 3.22. The van der Waals surface area contributed by atoms with Crippen molar-refractivity contribution in [3.63, 3.8) is 0 Å². The van der Waals surface area contributed by atoms with Crippen LogP contribution in [0.2, 0.25) is 5.02 Å². The summed E-state index contributed by atoms with van der Waals surface area (Å²) in [5.74, 6) is 0.850. The summed E-state index contributed by atoms with van der Waals surface area (Å²) in [6.07, 6.45) is -0.0894. The van der Waals surface area contributed by atoms with Crippen LogP contribution in [0, 0.1) is 0 Å². The molecule has 0 saturated carbocycles. The van der Waals surface area contributed by atoms with Crippen molar-refractivity contribution in [3.8, 4) is 5.75 Å². The van der Waals surface area contributed by atoms with E-state index in [9.17, 15) is 0 Å². The number of fused-ring (bicyclic) bond motifs is 1. The van der Waals surface area contributed by atoms with E-state index in [0.717, 1.165) is 11.4 Å². The third-order valence-electron chi connectivity index (χ3n) is 1.93. The summed E-state index contributed by atoms with van der Waals surface area (Å²) < 4.78 is 5.58. The van der Waals surface area contributed by atoms with Gasteiger partial charge in [-0.1, -0.05) is 11.6 Å². The predicted octanol–water partition coefficient (Wildman–Crippen LogP) is 1.99. The number of rotatable bonds is 1. The van der Waals surface area contributed by atoms with Crippen LogP contribution in [-0.2, 0) is 0 Å². The summed E-state index contributed by atoms with van der Waals surface area (Å²) in [5.41, 5.74) is 0.950. The average Bonchev–Trinajstić information content (AvgIpc) is 2.46. The molecule has 1 N–H and O–H groups in total. The third kappa shape index (κ3) is 1.57. The molecule has 70 valence electrons. The van der Waals surface area contributed by atoms with Crippen molar-refractivity contribution in [2.75, 3.05) is 19.4 Å². The molecule has 1 aromatic carbocycles. The van der Waals surface area contributed by atoms with Crippen molar-refractivity contribution >= 4 is 17.3 Å². The third-order valence-corrected chi connectivity index (χ3v) is 2.16. The number of nitrogens with one attached hydrogen (secondary N) is 1. The molecule has 4 heteroatoms. The summed E-state index contributed by atoms with van der Waals surface area (Å²) in [5, 5.41) is 3.91. The van der Waals surface area contributed by atoms with Crippen LogP contribution in [0.5, 0.6) is 5.75 Å². The van der Waals surface area contributed by atoms with Crippen molar-refractivity contribution < 1.29 is 4.74 Å². The first kappa shape index (κ1) is 8.66. The highest BCUT2D eigenvalue weighted by atomic mass is 35.5. The van der Waals surface area contributed by atoms with E-state index in [-0.39, 0.29) is 6.35 Å². The van der Waals surface area contributed by atoms with Crippen LogP contribution in [0.25, 0.3) is 0 Å². The smallest absolute Gasteiger partial charge is 0.229 e. The van der Waals surface area contributed by atoms with Crippen LogP contribution in [0.15, 0.2) is 18.2 Å². The molecule has 0 aliphatic carbocycles. The number of ether oxygens (including phenoxy) is 1. The van der Waals surface area contributed by atoms with Gasteiger partial charge in [0.15, 0.2) is 0 Å². The number of nitrogens with zero attached hydrogens (tertiary/aromatic N) is 1. The fourth-order valence-corrected chi connectivity index (χ4v) is 1.41. The highest BCUT2D eigenvalue weighted by Gasteiger charge is 2.22. The Morgan fingerprint density at radius 2 is 2.23 bits per heavy atom. The highest BCUT2D eigenvalue weighted by Crippen LogP contribution is 2.34. The Morgan fingerprint density at radius 3 is 2.92 bits per heavy atom. The van der Waals surface area contributed by atoms with E-state index in [1.54, 1.807) is 0 Å². The molecule has 0 fully saturated rings. The standard InChI is InChI=1S/C9H11ClN2O/c1-12(2)9-11-7-5-6(10)3-4-8(7)13-9/h3-5,9,11H,1-2H3. The normalized spacial score (nSPS) is 19.5. The maximum Gasteiger partial charge on any atom is 0.229 e. The first-order valence-electron chi connectivity index (χ1n) is 4.06. The Balaban J connectivity index is 2.25. The molecule has 0 spiro atoms. The summed E-state index contributed by atoms with van der Waals surface area (Å²) >= 11 is 5.84. The topological polar surface area (TPSA) is 24.5 Å². The Labute approximate surface area is 82.2 Å². The second-order valence-corrected chi connectivity index (χ2v) is 3.66. The predicted molar refractivity (Wildman–Crippen MR) is 53.2 cm³/mol. The van der Waals surface area contributed by atoms with Crippen LogP contribution in [0.3, 0.4) is 0 Å². The van der Waals surface area contributed by atoms with Gasteiger partial charge in [0.2, 0.25) is 6.35 Å². The summed E-state index contributed by atoms with van der Waals surface area (Å²) in [4.78, 5) is 1.95. The zero-order valence-corrected chi connectivity index (χ0v) is 8.30. The summed E-state index contributed by atoms with van der Waals surface area (Å²) in [6.45, 7) is 0. The lowest BCUT2D eigenvalue weighted by Gasteiger charge is -2.18. The molecule has 2 rings (SSSR count). The van der Waals surface area contributed by atoms with Gasteiger partial charge in [0.1, 0.15) is 5.75 Å². The number of hydrogen-bond acceptors (Lipinski definition) is 3. The SMILES string of the molecule is CN(C)C1Nc2cc(Cl)ccc2O1. The molecule has 0 radical (unpaired) electrons. The van der Waals surface area contributed by atoms with E-state index >= 15 is 0 Å². The van der Waals surface area contributed by atoms with E-state index in [2.05, 4.69) is 5.32 Å². The Bertz CT molecular complexity index is 327. The van der Waals surface area contributed by atoms with Crippen molar-refractivity contribution in [2.45, 2.75) is 6.35 Å². The summed E-state index contributed by atoms with van der Waals surface area (Å²) in [6, 6.07) is 5.55. The highest BCUT2D eigenvalue weighted by molar-refractivity contribution is 6.30. The van der Waals surface area contributed by atoms with Crippen LogP contribution in [-0.4, -0.2) is 25.3 Å². The molecule has 1 heterocycles. The second kappa shape index (κ2) is 3.09. The van der Waals surface area contributed by atoms with Crippen molar-refractivity contribution in [1.82, 2.24) is 4.90 Å². The minimum atomic E-state index is -0.0894. The van der Waals surface area contributed by atoms with Gasteiger partial charge in [-0.3, -0.25) is 4.90 Å². The maximum absolute atomic E-state index is 5.84. The molecule has 3 nitrogen and oxygen atoms in total. The lowest BCUT2D eigenvalue weighted by molar-refractivity contribution is 0.105. The molecule has 0 bridgehead atoms. The van der Waals surface area contributed by atoms with Gasteiger partial charge in [0.05, 0.1) is 5.69 Å². The Morgan fingerprint density at radius 1 is 1.46 bits per heavy atom. The Kier molecular flexibility index (Phi) is 2.06. The fraction of sp³-hybridized carbons (Fsp3) is 0.333. The molecular formula is C9H11ClN2O. The van der Waals surface area contributed by atoms with Crippen molar-refractivity contribution in [1.29, 1.82) is 0 Å². The van der Waals surface area contributed by atoms with Gasteiger partial charge in [0.25, 0.3) is 0 Å². The van der Waals surface area contributed by atoms with Crippen LogP contribution in [0.4, 0.5) is 5.69 Å². The number of hydrogen-bond donors (Lipinski definition) is 1. The van der Waals surface area contributed by atoms with E-state index in [1.807, 2.05) is 37.2 Å². The van der Waals surface area contributed by atoms with Gasteiger partial charge in [-0.05, 0) is 32.3 Å². The molecule has 1 aliphatic heterocycles.